The zero-order valence-electron chi connectivity index (χ0n) is 16.5. The van der Waals surface area contributed by atoms with E-state index in [-0.39, 0.29) is 0 Å². The van der Waals surface area contributed by atoms with Crippen LogP contribution in [0.3, 0.4) is 0 Å². The molecule has 3 aliphatic heterocycles. The Kier molecular flexibility index (Phi) is 5.36. The van der Waals surface area contributed by atoms with Crippen molar-refractivity contribution in [2.75, 3.05) is 56.3 Å². The molecule has 2 fully saturated rings. The van der Waals surface area contributed by atoms with Gasteiger partial charge in [0.25, 0.3) is 0 Å². The van der Waals surface area contributed by atoms with Crippen molar-refractivity contribution in [1.82, 2.24) is 14.9 Å². The lowest BCUT2D eigenvalue weighted by Gasteiger charge is -2.35. The van der Waals surface area contributed by atoms with E-state index in [0.29, 0.717) is 12.9 Å². The van der Waals surface area contributed by atoms with E-state index in [2.05, 4.69) is 37.2 Å². The molecule has 4 heterocycles. The second-order valence-corrected chi connectivity index (χ2v) is 7.73. The first kappa shape index (κ1) is 18.4. The number of nitrogens with zero attached hydrogens (tertiary/aromatic N) is 4. The molecule has 1 aromatic heterocycles. The molecule has 0 spiro atoms. The molecule has 5 rings (SSSR count). The van der Waals surface area contributed by atoms with Crippen molar-refractivity contribution < 1.29 is 14.2 Å². The van der Waals surface area contributed by atoms with Gasteiger partial charge in [0.2, 0.25) is 6.79 Å². The van der Waals surface area contributed by atoms with Gasteiger partial charge in [-0.3, -0.25) is 4.90 Å². The normalized spacial score (nSPS) is 21.5. The van der Waals surface area contributed by atoms with Crippen LogP contribution in [0.1, 0.15) is 18.4 Å². The Labute approximate surface area is 170 Å². The SMILES string of the molecule is c1nc(NCC2CCCO2)cc(N2CCN(Cc3ccc4c(c3)OCO4)CC2)n1. The Hall–Kier alpha value is -2.58. The van der Waals surface area contributed by atoms with Crippen LogP contribution in [0, 0.1) is 0 Å². The van der Waals surface area contributed by atoms with Crippen LogP contribution in [0.5, 0.6) is 11.5 Å². The highest BCUT2D eigenvalue weighted by atomic mass is 16.7. The second kappa shape index (κ2) is 8.42. The summed E-state index contributed by atoms with van der Waals surface area (Å²) in [7, 11) is 0. The van der Waals surface area contributed by atoms with Crippen LogP contribution in [-0.2, 0) is 11.3 Å². The Morgan fingerprint density at radius 2 is 1.93 bits per heavy atom. The summed E-state index contributed by atoms with van der Waals surface area (Å²) in [4.78, 5) is 13.6. The van der Waals surface area contributed by atoms with E-state index in [0.717, 1.165) is 81.9 Å². The van der Waals surface area contributed by atoms with E-state index in [9.17, 15) is 0 Å². The van der Waals surface area contributed by atoms with Crippen LogP contribution in [-0.4, -0.2) is 67.1 Å². The fourth-order valence-electron chi connectivity index (χ4n) is 4.07. The highest BCUT2D eigenvalue weighted by Gasteiger charge is 2.20. The number of aromatic nitrogens is 2. The predicted molar refractivity (Wildman–Crippen MR) is 110 cm³/mol. The number of ether oxygens (including phenoxy) is 3. The third kappa shape index (κ3) is 4.38. The van der Waals surface area contributed by atoms with Gasteiger partial charge in [-0.1, -0.05) is 6.07 Å². The third-order valence-electron chi connectivity index (χ3n) is 5.73. The average Bonchev–Trinajstić information content (AvgIpc) is 3.45. The van der Waals surface area contributed by atoms with E-state index in [1.807, 2.05) is 12.1 Å². The van der Waals surface area contributed by atoms with Crippen LogP contribution < -0.4 is 19.7 Å². The quantitative estimate of drug-likeness (QED) is 0.795. The van der Waals surface area contributed by atoms with Gasteiger partial charge in [0.05, 0.1) is 6.10 Å². The number of anilines is 2. The summed E-state index contributed by atoms with van der Waals surface area (Å²) in [6.07, 6.45) is 4.22. The molecule has 0 aliphatic carbocycles. The van der Waals surface area contributed by atoms with Gasteiger partial charge in [-0.25, -0.2) is 9.97 Å². The summed E-state index contributed by atoms with van der Waals surface area (Å²) in [6, 6.07) is 8.25. The van der Waals surface area contributed by atoms with Gasteiger partial charge in [0.1, 0.15) is 18.0 Å². The van der Waals surface area contributed by atoms with Gasteiger partial charge in [-0.05, 0) is 30.5 Å². The maximum Gasteiger partial charge on any atom is 0.231 e. The lowest BCUT2D eigenvalue weighted by Crippen LogP contribution is -2.46. The molecule has 0 radical (unpaired) electrons. The molecule has 1 atom stereocenters. The molecular formula is C21H27N5O3. The van der Waals surface area contributed by atoms with Gasteiger partial charge in [0.15, 0.2) is 11.5 Å². The zero-order valence-corrected chi connectivity index (χ0v) is 16.5. The number of rotatable bonds is 6. The molecule has 29 heavy (non-hydrogen) atoms. The monoisotopic (exact) mass is 397 g/mol. The van der Waals surface area contributed by atoms with Gasteiger partial charge in [-0.15, -0.1) is 0 Å². The van der Waals surface area contributed by atoms with Crippen molar-refractivity contribution in [1.29, 1.82) is 0 Å². The summed E-state index contributed by atoms with van der Waals surface area (Å²) in [5.74, 6) is 3.54. The van der Waals surface area contributed by atoms with Crippen molar-refractivity contribution >= 4 is 11.6 Å². The van der Waals surface area contributed by atoms with E-state index in [4.69, 9.17) is 14.2 Å². The molecule has 3 aliphatic rings. The second-order valence-electron chi connectivity index (χ2n) is 7.73. The molecule has 154 valence electrons. The van der Waals surface area contributed by atoms with E-state index >= 15 is 0 Å². The van der Waals surface area contributed by atoms with Crippen LogP contribution in [0.2, 0.25) is 0 Å². The van der Waals surface area contributed by atoms with Crippen molar-refractivity contribution in [2.45, 2.75) is 25.5 Å². The molecular weight excluding hydrogens is 370 g/mol. The summed E-state index contributed by atoms with van der Waals surface area (Å²) >= 11 is 0. The average molecular weight is 397 g/mol. The van der Waals surface area contributed by atoms with Crippen LogP contribution in [0.15, 0.2) is 30.6 Å². The van der Waals surface area contributed by atoms with Crippen molar-refractivity contribution in [3.63, 3.8) is 0 Å². The molecule has 2 saturated heterocycles. The Bertz CT molecular complexity index is 835. The largest absolute Gasteiger partial charge is 0.454 e. The number of hydrogen-bond donors (Lipinski definition) is 1. The Morgan fingerprint density at radius 1 is 1.03 bits per heavy atom. The molecule has 0 saturated carbocycles. The Morgan fingerprint density at radius 3 is 2.79 bits per heavy atom. The molecule has 1 aromatic carbocycles. The van der Waals surface area contributed by atoms with Crippen LogP contribution in [0.25, 0.3) is 0 Å². The maximum atomic E-state index is 5.67. The minimum Gasteiger partial charge on any atom is -0.454 e. The smallest absolute Gasteiger partial charge is 0.231 e. The third-order valence-corrected chi connectivity index (χ3v) is 5.73. The van der Waals surface area contributed by atoms with E-state index in [1.165, 1.54) is 5.56 Å². The summed E-state index contributed by atoms with van der Waals surface area (Å²) in [5.41, 5.74) is 1.25. The maximum absolute atomic E-state index is 5.67. The standard InChI is InChI=1S/C21H27N5O3/c1-2-17(27-9-1)12-22-20-11-21(24-14-23-20)26-7-5-25(6-8-26)13-16-3-4-18-19(10-16)29-15-28-18/h3-4,10-11,14,17H,1-2,5-9,12-13,15H2,(H,22,23,24). The van der Waals surface area contributed by atoms with Crippen LogP contribution in [0.4, 0.5) is 11.6 Å². The molecule has 2 aromatic rings. The highest BCUT2D eigenvalue weighted by molar-refractivity contribution is 5.49. The number of benzene rings is 1. The first-order valence-corrected chi connectivity index (χ1v) is 10.4. The summed E-state index contributed by atoms with van der Waals surface area (Å²) in [5, 5.41) is 3.39. The van der Waals surface area contributed by atoms with Crippen molar-refractivity contribution in [2.24, 2.45) is 0 Å². The molecule has 8 heteroatoms. The fourth-order valence-corrected chi connectivity index (χ4v) is 4.07. The fraction of sp³-hybridized carbons (Fsp3) is 0.524. The van der Waals surface area contributed by atoms with Crippen molar-refractivity contribution in [3.05, 3.63) is 36.2 Å². The van der Waals surface area contributed by atoms with Gasteiger partial charge < -0.3 is 24.4 Å². The molecule has 0 amide bonds. The van der Waals surface area contributed by atoms with Gasteiger partial charge in [0, 0.05) is 51.9 Å². The minimum absolute atomic E-state index is 0.299. The topological polar surface area (TPSA) is 72.0 Å². The molecule has 8 nitrogen and oxygen atoms in total. The van der Waals surface area contributed by atoms with Crippen LogP contribution >= 0.6 is 0 Å². The van der Waals surface area contributed by atoms with Crippen molar-refractivity contribution in [3.8, 4) is 11.5 Å². The highest BCUT2D eigenvalue weighted by Crippen LogP contribution is 2.33. The predicted octanol–water partition coefficient (Wildman–Crippen LogP) is 2.12. The number of nitrogens with one attached hydrogen (secondary N) is 1. The molecule has 0 bridgehead atoms. The van der Waals surface area contributed by atoms with Gasteiger partial charge >= 0.3 is 0 Å². The lowest BCUT2D eigenvalue weighted by atomic mass is 10.1. The van der Waals surface area contributed by atoms with E-state index < -0.39 is 0 Å². The lowest BCUT2D eigenvalue weighted by molar-refractivity contribution is 0.120. The summed E-state index contributed by atoms with van der Waals surface area (Å²) in [6.45, 7) is 6.81. The first-order chi connectivity index (χ1) is 14.3. The number of piperazine rings is 1. The minimum atomic E-state index is 0.299. The summed E-state index contributed by atoms with van der Waals surface area (Å²) < 4.78 is 16.6. The number of fused-ring (bicyclic) bond motifs is 1. The Balaban J connectivity index is 1.14. The molecule has 1 N–H and O–H groups in total. The molecule has 1 unspecified atom stereocenters. The van der Waals surface area contributed by atoms with Gasteiger partial charge in [-0.2, -0.15) is 0 Å². The first-order valence-electron chi connectivity index (χ1n) is 10.4. The van der Waals surface area contributed by atoms with E-state index in [1.54, 1.807) is 6.33 Å². The number of hydrogen-bond acceptors (Lipinski definition) is 8. The zero-order chi connectivity index (χ0) is 19.5.